The van der Waals surface area contributed by atoms with Crippen molar-refractivity contribution in [1.82, 2.24) is 5.43 Å². The fourth-order valence-electron chi connectivity index (χ4n) is 1.28. The average molecular weight is 287 g/mol. The topological polar surface area (TPSA) is 64.3 Å². The molecule has 1 rings (SSSR count). The molecule has 0 aliphatic heterocycles. The number of amides is 1. The molecule has 1 atom stereocenters. The predicted molar refractivity (Wildman–Crippen MR) is 65.3 cm³/mol. The molecule has 0 fully saturated rings. The van der Waals surface area contributed by atoms with Gasteiger partial charge in [-0.1, -0.05) is 41.1 Å². The van der Waals surface area contributed by atoms with Crippen molar-refractivity contribution in [2.75, 3.05) is 0 Å². The van der Waals surface area contributed by atoms with E-state index in [1.807, 2.05) is 31.2 Å². The number of hydrogen-bond acceptors (Lipinski definition) is 3. The van der Waals surface area contributed by atoms with E-state index in [1.165, 1.54) is 0 Å². The van der Waals surface area contributed by atoms with Gasteiger partial charge in [0, 0.05) is 4.47 Å². The van der Waals surface area contributed by atoms with Crippen LogP contribution in [0.4, 0.5) is 0 Å². The van der Waals surface area contributed by atoms with Gasteiger partial charge in [0.1, 0.15) is 6.10 Å². The Morgan fingerprint density at radius 2 is 2.25 bits per heavy atom. The Balaban J connectivity index is 2.56. The number of nitrogens with one attached hydrogen (secondary N) is 1. The highest BCUT2D eigenvalue weighted by molar-refractivity contribution is 9.10. The van der Waals surface area contributed by atoms with Crippen LogP contribution in [0.1, 0.15) is 18.9 Å². The van der Waals surface area contributed by atoms with Crippen LogP contribution in [0.25, 0.3) is 0 Å². The third-order valence-electron chi connectivity index (χ3n) is 2.20. The van der Waals surface area contributed by atoms with E-state index in [1.54, 1.807) is 0 Å². The normalized spacial score (nSPS) is 12.2. The van der Waals surface area contributed by atoms with Crippen LogP contribution in [0, 0.1) is 0 Å². The van der Waals surface area contributed by atoms with Crippen LogP contribution in [0.3, 0.4) is 0 Å². The molecule has 0 aromatic heterocycles. The average Bonchev–Trinajstić information content (AvgIpc) is 2.31. The van der Waals surface area contributed by atoms with E-state index in [9.17, 15) is 4.79 Å². The summed E-state index contributed by atoms with van der Waals surface area (Å²) >= 11 is 3.42. The Morgan fingerprint density at radius 1 is 1.56 bits per heavy atom. The van der Waals surface area contributed by atoms with Crippen LogP contribution in [-0.4, -0.2) is 12.0 Å². The van der Waals surface area contributed by atoms with Crippen LogP contribution >= 0.6 is 15.9 Å². The van der Waals surface area contributed by atoms with E-state index in [2.05, 4.69) is 21.4 Å². The Hall–Kier alpha value is -0.910. The molecule has 0 saturated carbocycles. The minimum Gasteiger partial charge on any atom is -0.364 e. The Labute approximate surface area is 103 Å². The van der Waals surface area contributed by atoms with Gasteiger partial charge in [0.05, 0.1) is 6.61 Å². The summed E-state index contributed by atoms with van der Waals surface area (Å²) < 4.78 is 6.46. The summed E-state index contributed by atoms with van der Waals surface area (Å²) in [6.07, 6.45) is 0.0881. The maximum Gasteiger partial charge on any atom is 0.262 e. The van der Waals surface area contributed by atoms with Gasteiger partial charge in [-0.05, 0) is 18.1 Å². The van der Waals surface area contributed by atoms with Gasteiger partial charge < -0.3 is 4.74 Å². The van der Waals surface area contributed by atoms with Crippen molar-refractivity contribution in [3.63, 3.8) is 0 Å². The van der Waals surface area contributed by atoms with Gasteiger partial charge >= 0.3 is 0 Å². The van der Waals surface area contributed by atoms with Crippen LogP contribution in [0.5, 0.6) is 0 Å². The number of ether oxygens (including phenoxy) is 1. The first-order valence-electron chi connectivity index (χ1n) is 5.04. The first kappa shape index (κ1) is 13.2. The van der Waals surface area contributed by atoms with Gasteiger partial charge in [-0.25, -0.2) is 5.84 Å². The fourth-order valence-corrected chi connectivity index (χ4v) is 1.68. The molecule has 88 valence electrons. The molecule has 0 radical (unpaired) electrons. The van der Waals surface area contributed by atoms with Crippen molar-refractivity contribution in [2.24, 2.45) is 5.84 Å². The third kappa shape index (κ3) is 3.59. The zero-order valence-corrected chi connectivity index (χ0v) is 10.7. The second-order valence-corrected chi connectivity index (χ2v) is 4.16. The summed E-state index contributed by atoms with van der Waals surface area (Å²) in [5.74, 6) is 4.76. The number of halogens is 1. The second kappa shape index (κ2) is 6.62. The molecule has 4 nitrogen and oxygen atoms in total. The molecule has 0 spiro atoms. The lowest BCUT2D eigenvalue weighted by Gasteiger charge is -2.14. The monoisotopic (exact) mass is 286 g/mol. The molecule has 1 amide bonds. The first-order chi connectivity index (χ1) is 7.69. The molecule has 3 N–H and O–H groups in total. The Morgan fingerprint density at radius 3 is 2.81 bits per heavy atom. The summed E-state index contributed by atoms with van der Waals surface area (Å²) in [7, 11) is 0. The summed E-state index contributed by atoms with van der Waals surface area (Å²) in [4.78, 5) is 11.3. The summed E-state index contributed by atoms with van der Waals surface area (Å²) in [6.45, 7) is 2.26. The Bertz CT molecular complexity index is 358. The molecule has 16 heavy (non-hydrogen) atoms. The second-order valence-electron chi connectivity index (χ2n) is 3.31. The van der Waals surface area contributed by atoms with E-state index in [-0.39, 0.29) is 5.91 Å². The number of carbonyl (C=O) groups is 1. The highest BCUT2D eigenvalue weighted by Crippen LogP contribution is 2.17. The van der Waals surface area contributed by atoms with Gasteiger partial charge in [0.15, 0.2) is 0 Å². The van der Waals surface area contributed by atoms with Crippen molar-refractivity contribution < 1.29 is 9.53 Å². The maximum atomic E-state index is 11.3. The van der Waals surface area contributed by atoms with Gasteiger partial charge in [-0.15, -0.1) is 0 Å². The van der Waals surface area contributed by atoms with E-state index in [0.29, 0.717) is 13.0 Å². The molecule has 5 heteroatoms. The molecule has 0 saturated heterocycles. The number of nitrogens with two attached hydrogens (primary N) is 1. The largest absolute Gasteiger partial charge is 0.364 e. The fraction of sp³-hybridized carbons (Fsp3) is 0.364. The molecular weight excluding hydrogens is 272 g/mol. The molecule has 1 aromatic carbocycles. The van der Waals surface area contributed by atoms with Crippen LogP contribution in [0.15, 0.2) is 28.7 Å². The molecule has 0 aliphatic carbocycles. The highest BCUT2D eigenvalue weighted by Gasteiger charge is 2.15. The number of hydrogen-bond donors (Lipinski definition) is 2. The van der Waals surface area contributed by atoms with Crippen LogP contribution in [-0.2, 0) is 16.1 Å². The summed E-state index contributed by atoms with van der Waals surface area (Å²) in [5, 5.41) is 0. The van der Waals surface area contributed by atoms with Crippen molar-refractivity contribution >= 4 is 21.8 Å². The lowest BCUT2D eigenvalue weighted by molar-refractivity contribution is -0.133. The van der Waals surface area contributed by atoms with Gasteiger partial charge in [-0.2, -0.15) is 0 Å². The van der Waals surface area contributed by atoms with Gasteiger partial charge in [0.25, 0.3) is 5.91 Å². The summed E-state index contributed by atoms with van der Waals surface area (Å²) in [5.41, 5.74) is 3.10. The Kier molecular flexibility index (Phi) is 5.45. The maximum absolute atomic E-state index is 11.3. The number of hydrazine groups is 1. The standard InChI is InChI=1S/C11H15BrN2O2/c1-2-10(11(15)14-13)16-7-8-5-3-4-6-9(8)12/h3-6,10H,2,7,13H2,1H3,(H,14,15). The van der Waals surface area contributed by atoms with Crippen molar-refractivity contribution in [3.8, 4) is 0 Å². The lowest BCUT2D eigenvalue weighted by atomic mass is 10.2. The molecule has 1 unspecified atom stereocenters. The number of carbonyl (C=O) groups excluding carboxylic acids is 1. The van der Waals surface area contributed by atoms with Gasteiger partial charge in [0.2, 0.25) is 0 Å². The van der Waals surface area contributed by atoms with E-state index < -0.39 is 6.10 Å². The molecule has 0 aliphatic rings. The zero-order chi connectivity index (χ0) is 12.0. The minimum atomic E-state index is -0.503. The van der Waals surface area contributed by atoms with E-state index in [0.717, 1.165) is 10.0 Å². The van der Waals surface area contributed by atoms with Crippen molar-refractivity contribution in [3.05, 3.63) is 34.3 Å². The van der Waals surface area contributed by atoms with Crippen LogP contribution in [0.2, 0.25) is 0 Å². The third-order valence-corrected chi connectivity index (χ3v) is 2.98. The lowest BCUT2D eigenvalue weighted by Crippen LogP contribution is -2.40. The zero-order valence-electron chi connectivity index (χ0n) is 9.07. The van der Waals surface area contributed by atoms with Gasteiger partial charge in [-0.3, -0.25) is 10.2 Å². The molecule has 1 aromatic rings. The van der Waals surface area contributed by atoms with Crippen molar-refractivity contribution in [2.45, 2.75) is 26.1 Å². The summed E-state index contributed by atoms with van der Waals surface area (Å²) in [6, 6.07) is 7.73. The predicted octanol–water partition coefficient (Wildman–Crippen LogP) is 1.73. The smallest absolute Gasteiger partial charge is 0.262 e. The highest BCUT2D eigenvalue weighted by atomic mass is 79.9. The molecule has 0 bridgehead atoms. The quantitative estimate of drug-likeness (QED) is 0.492. The molecular formula is C11H15BrN2O2. The SMILES string of the molecule is CCC(OCc1ccccc1Br)C(=O)NN. The minimum absolute atomic E-state index is 0.297. The number of rotatable bonds is 5. The van der Waals surface area contributed by atoms with Crippen molar-refractivity contribution in [1.29, 1.82) is 0 Å². The number of benzene rings is 1. The van der Waals surface area contributed by atoms with E-state index in [4.69, 9.17) is 10.6 Å². The molecule has 0 heterocycles. The van der Waals surface area contributed by atoms with Crippen LogP contribution < -0.4 is 11.3 Å². The first-order valence-corrected chi connectivity index (χ1v) is 5.83. The van der Waals surface area contributed by atoms with E-state index >= 15 is 0 Å².